The van der Waals surface area contributed by atoms with Gasteiger partial charge in [-0.05, 0) is 44.2 Å². The molecule has 0 saturated heterocycles. The first kappa shape index (κ1) is 24.4. The molecule has 2 aromatic rings. The fraction of sp³-hybridized carbons (Fsp3) is 0.364. The Labute approximate surface area is 184 Å². The fourth-order valence-electron chi connectivity index (χ4n) is 3.16. The molecule has 2 aromatic carbocycles. The summed E-state index contributed by atoms with van der Waals surface area (Å²) in [6.07, 6.45) is 0. The molecule has 0 heterocycles. The number of amides is 1. The number of nitrogens with zero attached hydrogens (tertiary/aromatic N) is 1. The maximum absolute atomic E-state index is 12.9. The molecule has 0 aliphatic rings. The third kappa shape index (κ3) is 6.05. The molecule has 0 aliphatic heterocycles. The van der Waals surface area contributed by atoms with Crippen LogP contribution in [0.15, 0.2) is 47.4 Å². The van der Waals surface area contributed by atoms with Crippen LogP contribution in [0.2, 0.25) is 0 Å². The summed E-state index contributed by atoms with van der Waals surface area (Å²) in [5.41, 5.74) is 2.06. The van der Waals surface area contributed by atoms with Gasteiger partial charge in [0, 0.05) is 25.2 Å². The van der Waals surface area contributed by atoms with E-state index >= 15 is 0 Å². The summed E-state index contributed by atoms with van der Waals surface area (Å²) >= 11 is 0. The molecule has 0 unspecified atom stereocenters. The Morgan fingerprint density at radius 2 is 1.58 bits per heavy atom. The van der Waals surface area contributed by atoms with Gasteiger partial charge < -0.3 is 16.0 Å². The van der Waals surface area contributed by atoms with Crippen LogP contribution in [-0.4, -0.2) is 50.6 Å². The van der Waals surface area contributed by atoms with Crippen molar-refractivity contribution in [3.05, 3.63) is 48.0 Å². The lowest BCUT2D eigenvalue weighted by Gasteiger charge is -2.20. The largest absolute Gasteiger partial charge is 0.384 e. The summed E-state index contributed by atoms with van der Waals surface area (Å²) in [5, 5.41) is 8.90. The number of carbonyl (C=O) groups is 2. The minimum absolute atomic E-state index is 0.0978. The van der Waals surface area contributed by atoms with Crippen LogP contribution in [0.3, 0.4) is 0 Å². The molecule has 0 radical (unpaired) electrons. The van der Waals surface area contributed by atoms with Crippen LogP contribution in [0.5, 0.6) is 0 Å². The number of sulfonamides is 1. The van der Waals surface area contributed by atoms with E-state index in [2.05, 4.69) is 16.0 Å². The first-order valence-corrected chi connectivity index (χ1v) is 11.7. The van der Waals surface area contributed by atoms with Gasteiger partial charge in [0.1, 0.15) is 0 Å². The molecule has 0 spiro atoms. The Hall–Kier alpha value is -2.91. The number of carbonyl (C=O) groups excluding carboxylic acids is 2. The van der Waals surface area contributed by atoms with Gasteiger partial charge in [0.05, 0.1) is 28.5 Å². The zero-order chi connectivity index (χ0) is 23.0. The number of benzene rings is 2. The predicted octanol–water partition coefficient (Wildman–Crippen LogP) is 3.40. The molecule has 3 N–H and O–H groups in total. The SMILES string of the molecule is CCNc1ccc(S(=O)(=O)N(CC)CC)cc1NCC(=O)Nc1ccccc1C(C)=O. The van der Waals surface area contributed by atoms with E-state index in [0.717, 1.165) is 0 Å². The van der Waals surface area contributed by atoms with Gasteiger partial charge in [-0.3, -0.25) is 9.59 Å². The summed E-state index contributed by atoms with van der Waals surface area (Å²) in [6, 6.07) is 11.6. The number of hydrogen-bond donors (Lipinski definition) is 3. The quantitative estimate of drug-likeness (QED) is 0.457. The second-order valence-electron chi connectivity index (χ2n) is 6.83. The van der Waals surface area contributed by atoms with Gasteiger partial charge in [-0.25, -0.2) is 8.42 Å². The molecule has 9 heteroatoms. The molecule has 0 aliphatic carbocycles. The van der Waals surface area contributed by atoms with Gasteiger partial charge in [0.2, 0.25) is 15.9 Å². The van der Waals surface area contributed by atoms with E-state index in [-0.39, 0.29) is 23.1 Å². The van der Waals surface area contributed by atoms with E-state index in [1.54, 1.807) is 50.2 Å². The Morgan fingerprint density at radius 1 is 0.903 bits per heavy atom. The van der Waals surface area contributed by atoms with Gasteiger partial charge in [0.25, 0.3) is 0 Å². The van der Waals surface area contributed by atoms with Crippen LogP contribution in [0.25, 0.3) is 0 Å². The molecule has 2 rings (SSSR count). The molecule has 0 aromatic heterocycles. The molecule has 0 bridgehead atoms. The number of para-hydroxylation sites is 1. The Bertz CT molecular complexity index is 1030. The monoisotopic (exact) mass is 446 g/mol. The van der Waals surface area contributed by atoms with Gasteiger partial charge in [-0.2, -0.15) is 4.31 Å². The maximum Gasteiger partial charge on any atom is 0.243 e. The van der Waals surface area contributed by atoms with Crippen molar-refractivity contribution < 1.29 is 18.0 Å². The Balaban J connectivity index is 2.23. The summed E-state index contributed by atoms with van der Waals surface area (Å²) in [5.74, 6) is -0.499. The molecule has 168 valence electrons. The zero-order valence-corrected chi connectivity index (χ0v) is 19.2. The molecule has 0 atom stereocenters. The van der Waals surface area contributed by atoms with E-state index in [1.165, 1.54) is 17.3 Å². The second kappa shape index (κ2) is 10.9. The van der Waals surface area contributed by atoms with Crippen molar-refractivity contribution in [2.75, 3.05) is 42.1 Å². The fourth-order valence-corrected chi connectivity index (χ4v) is 4.64. The Morgan fingerprint density at radius 3 is 2.19 bits per heavy atom. The molecule has 0 saturated carbocycles. The third-order valence-corrected chi connectivity index (χ3v) is 6.77. The molecular formula is C22H30N4O4S. The first-order chi connectivity index (χ1) is 14.7. The Kier molecular flexibility index (Phi) is 8.58. The van der Waals surface area contributed by atoms with E-state index in [1.807, 2.05) is 6.92 Å². The molecule has 0 fully saturated rings. The highest BCUT2D eigenvalue weighted by atomic mass is 32.2. The van der Waals surface area contributed by atoms with Crippen LogP contribution in [0.4, 0.5) is 17.1 Å². The van der Waals surface area contributed by atoms with E-state index in [4.69, 9.17) is 0 Å². The van der Waals surface area contributed by atoms with Gasteiger partial charge in [-0.15, -0.1) is 0 Å². The van der Waals surface area contributed by atoms with Crippen molar-refractivity contribution in [3.63, 3.8) is 0 Å². The number of ketones is 1. The van der Waals surface area contributed by atoms with Crippen molar-refractivity contribution in [1.82, 2.24) is 4.31 Å². The average molecular weight is 447 g/mol. The van der Waals surface area contributed by atoms with Crippen LogP contribution in [0, 0.1) is 0 Å². The maximum atomic E-state index is 12.9. The lowest BCUT2D eigenvalue weighted by molar-refractivity contribution is -0.114. The van der Waals surface area contributed by atoms with Crippen LogP contribution < -0.4 is 16.0 Å². The van der Waals surface area contributed by atoms with Gasteiger partial charge in [-0.1, -0.05) is 26.0 Å². The first-order valence-electron chi connectivity index (χ1n) is 10.3. The normalized spacial score (nSPS) is 11.3. The highest BCUT2D eigenvalue weighted by Crippen LogP contribution is 2.27. The summed E-state index contributed by atoms with van der Waals surface area (Å²) in [4.78, 5) is 24.4. The van der Waals surface area contributed by atoms with E-state index < -0.39 is 10.0 Å². The number of Topliss-reactive ketones (excluding diaryl/α,β-unsaturated/α-hetero) is 1. The summed E-state index contributed by atoms with van der Waals surface area (Å²) < 4.78 is 27.1. The van der Waals surface area contributed by atoms with E-state index in [9.17, 15) is 18.0 Å². The lowest BCUT2D eigenvalue weighted by atomic mass is 10.1. The average Bonchev–Trinajstić information content (AvgIpc) is 2.74. The highest BCUT2D eigenvalue weighted by Gasteiger charge is 2.22. The van der Waals surface area contributed by atoms with Crippen molar-refractivity contribution in [1.29, 1.82) is 0 Å². The highest BCUT2D eigenvalue weighted by molar-refractivity contribution is 7.89. The molecule has 8 nitrogen and oxygen atoms in total. The van der Waals surface area contributed by atoms with Gasteiger partial charge >= 0.3 is 0 Å². The van der Waals surface area contributed by atoms with Crippen molar-refractivity contribution in [3.8, 4) is 0 Å². The minimum atomic E-state index is -3.63. The van der Waals surface area contributed by atoms with Crippen molar-refractivity contribution in [2.45, 2.75) is 32.6 Å². The number of nitrogens with one attached hydrogen (secondary N) is 3. The number of hydrogen-bond acceptors (Lipinski definition) is 6. The lowest BCUT2D eigenvalue weighted by Crippen LogP contribution is -2.30. The van der Waals surface area contributed by atoms with Crippen LogP contribution in [-0.2, 0) is 14.8 Å². The minimum Gasteiger partial charge on any atom is -0.384 e. The zero-order valence-electron chi connectivity index (χ0n) is 18.4. The van der Waals surface area contributed by atoms with E-state index in [0.29, 0.717) is 42.3 Å². The number of anilines is 3. The standard InChI is InChI=1S/C22H30N4O4S/c1-5-23-20-13-12-17(31(29,30)26(6-2)7-3)14-21(20)24-15-22(28)25-19-11-9-8-10-18(19)16(4)27/h8-14,23-24H,5-7,15H2,1-4H3,(H,25,28). The predicted molar refractivity (Wildman–Crippen MR) is 124 cm³/mol. The summed E-state index contributed by atoms with van der Waals surface area (Å²) in [6.45, 7) is 8.22. The second-order valence-corrected chi connectivity index (χ2v) is 8.77. The molecular weight excluding hydrogens is 416 g/mol. The third-order valence-electron chi connectivity index (χ3n) is 4.72. The van der Waals surface area contributed by atoms with Crippen LogP contribution in [0.1, 0.15) is 38.1 Å². The summed E-state index contributed by atoms with van der Waals surface area (Å²) in [7, 11) is -3.63. The molecule has 1 amide bonds. The van der Waals surface area contributed by atoms with Crippen molar-refractivity contribution in [2.24, 2.45) is 0 Å². The van der Waals surface area contributed by atoms with Crippen LogP contribution >= 0.6 is 0 Å². The van der Waals surface area contributed by atoms with Crippen molar-refractivity contribution >= 4 is 38.8 Å². The molecule has 31 heavy (non-hydrogen) atoms. The topological polar surface area (TPSA) is 108 Å². The van der Waals surface area contributed by atoms with Gasteiger partial charge in [0.15, 0.2) is 5.78 Å². The smallest absolute Gasteiger partial charge is 0.243 e. The number of rotatable bonds is 11.